The van der Waals surface area contributed by atoms with Crippen molar-refractivity contribution in [2.45, 2.75) is 24.4 Å². The van der Waals surface area contributed by atoms with Crippen LogP contribution in [0.5, 0.6) is 0 Å². The standard InChI is InChI=1S/C17H21N3O6/c1-20(8-12(22)14(24)15(25)13(23)9-21)17-11(7-18)19-16(26-17)10-5-3-2-4-6-10/h2-6,12-15,21-25H,8-9H2,1H3. The van der Waals surface area contributed by atoms with Gasteiger partial charge in [-0.1, -0.05) is 18.2 Å². The molecule has 0 saturated carbocycles. The normalized spacial score (nSPS) is 15.7. The molecule has 0 radical (unpaired) electrons. The monoisotopic (exact) mass is 363 g/mol. The van der Waals surface area contributed by atoms with Gasteiger partial charge in [-0.2, -0.15) is 10.2 Å². The number of anilines is 1. The maximum Gasteiger partial charge on any atom is 0.234 e. The predicted octanol–water partition coefficient (Wildman–Crippen LogP) is -0.915. The number of likely N-dealkylation sites (N-methyl/N-ethyl adjacent to an activating group) is 1. The van der Waals surface area contributed by atoms with Gasteiger partial charge in [0.05, 0.1) is 6.61 Å². The van der Waals surface area contributed by atoms with E-state index in [1.807, 2.05) is 12.1 Å². The Balaban J connectivity index is 2.15. The molecule has 5 N–H and O–H groups in total. The number of nitrogens with zero attached hydrogens (tertiary/aromatic N) is 3. The third-order valence-corrected chi connectivity index (χ3v) is 3.87. The van der Waals surface area contributed by atoms with Crippen LogP contribution in [0.4, 0.5) is 5.88 Å². The first-order chi connectivity index (χ1) is 12.4. The van der Waals surface area contributed by atoms with E-state index in [2.05, 4.69) is 4.98 Å². The summed E-state index contributed by atoms with van der Waals surface area (Å²) in [6.45, 7) is -0.976. The number of nitriles is 1. The predicted molar refractivity (Wildman–Crippen MR) is 91.0 cm³/mol. The van der Waals surface area contributed by atoms with Gasteiger partial charge in [0.2, 0.25) is 17.5 Å². The lowest BCUT2D eigenvalue weighted by molar-refractivity contribution is -0.112. The van der Waals surface area contributed by atoms with Crippen LogP contribution >= 0.6 is 0 Å². The third-order valence-electron chi connectivity index (χ3n) is 3.87. The number of hydrogen-bond acceptors (Lipinski definition) is 9. The minimum Gasteiger partial charge on any atom is -0.419 e. The summed E-state index contributed by atoms with van der Waals surface area (Å²) in [5.41, 5.74) is 0.676. The van der Waals surface area contributed by atoms with E-state index < -0.39 is 31.0 Å². The van der Waals surface area contributed by atoms with E-state index in [4.69, 9.17) is 9.52 Å². The molecule has 4 atom stereocenters. The first kappa shape index (κ1) is 19.8. The average molecular weight is 363 g/mol. The van der Waals surface area contributed by atoms with Gasteiger partial charge >= 0.3 is 0 Å². The summed E-state index contributed by atoms with van der Waals surface area (Å²) in [5, 5.41) is 57.0. The number of oxazole rings is 1. The van der Waals surface area contributed by atoms with E-state index >= 15 is 0 Å². The van der Waals surface area contributed by atoms with Gasteiger partial charge in [0.1, 0.15) is 30.5 Å². The Morgan fingerprint density at radius 2 is 1.73 bits per heavy atom. The van der Waals surface area contributed by atoms with Crippen molar-refractivity contribution in [2.24, 2.45) is 0 Å². The molecule has 0 aliphatic heterocycles. The summed E-state index contributed by atoms with van der Waals surface area (Å²) in [6.07, 6.45) is -6.50. The van der Waals surface area contributed by atoms with Crippen molar-refractivity contribution in [2.75, 3.05) is 25.1 Å². The molecule has 1 heterocycles. The highest BCUT2D eigenvalue weighted by Gasteiger charge is 2.31. The Hall–Kier alpha value is -2.48. The molecule has 26 heavy (non-hydrogen) atoms. The highest BCUT2D eigenvalue weighted by atomic mass is 16.4. The summed E-state index contributed by atoms with van der Waals surface area (Å²) < 4.78 is 5.61. The fourth-order valence-corrected chi connectivity index (χ4v) is 2.38. The van der Waals surface area contributed by atoms with Crippen molar-refractivity contribution in [3.05, 3.63) is 36.0 Å². The quantitative estimate of drug-likeness (QED) is 0.401. The van der Waals surface area contributed by atoms with Crippen molar-refractivity contribution in [1.29, 1.82) is 5.26 Å². The van der Waals surface area contributed by atoms with E-state index in [-0.39, 0.29) is 24.0 Å². The van der Waals surface area contributed by atoms with Crippen LogP contribution in [0.1, 0.15) is 5.69 Å². The third kappa shape index (κ3) is 4.37. The molecule has 0 amide bonds. The summed E-state index contributed by atoms with van der Waals surface area (Å²) in [5.74, 6) is 0.324. The smallest absolute Gasteiger partial charge is 0.234 e. The molecule has 140 valence electrons. The van der Waals surface area contributed by atoms with Crippen molar-refractivity contribution in [3.8, 4) is 17.5 Å². The van der Waals surface area contributed by atoms with Gasteiger partial charge < -0.3 is 34.8 Å². The summed E-state index contributed by atoms with van der Waals surface area (Å²) in [7, 11) is 1.51. The van der Waals surface area contributed by atoms with Crippen LogP contribution < -0.4 is 4.90 Å². The average Bonchev–Trinajstić information content (AvgIpc) is 3.11. The van der Waals surface area contributed by atoms with Crippen LogP contribution in [0.2, 0.25) is 0 Å². The molecule has 4 unspecified atom stereocenters. The Morgan fingerprint density at radius 1 is 1.12 bits per heavy atom. The van der Waals surface area contributed by atoms with Crippen LogP contribution in [-0.2, 0) is 0 Å². The van der Waals surface area contributed by atoms with Gasteiger partial charge in [-0.15, -0.1) is 0 Å². The number of aliphatic hydroxyl groups excluding tert-OH is 5. The first-order valence-electron chi connectivity index (χ1n) is 7.89. The number of benzene rings is 1. The van der Waals surface area contributed by atoms with E-state index in [0.29, 0.717) is 5.56 Å². The Labute approximate surface area is 150 Å². The molecule has 0 saturated heterocycles. The fraction of sp³-hybridized carbons (Fsp3) is 0.412. The number of hydrogen-bond donors (Lipinski definition) is 5. The van der Waals surface area contributed by atoms with Crippen LogP contribution in [0, 0.1) is 11.3 Å². The minimum atomic E-state index is -1.73. The highest BCUT2D eigenvalue weighted by molar-refractivity contribution is 5.59. The summed E-state index contributed by atoms with van der Waals surface area (Å²) >= 11 is 0. The minimum absolute atomic E-state index is 0.00369. The molecule has 1 aromatic heterocycles. The molecule has 0 spiro atoms. The van der Waals surface area contributed by atoms with Gasteiger partial charge in [-0.3, -0.25) is 0 Å². The van der Waals surface area contributed by atoms with Crippen LogP contribution in [0.25, 0.3) is 11.5 Å². The van der Waals surface area contributed by atoms with E-state index in [0.717, 1.165) is 0 Å². The van der Waals surface area contributed by atoms with Gasteiger partial charge in [0.25, 0.3) is 0 Å². The topological polar surface area (TPSA) is 154 Å². The van der Waals surface area contributed by atoms with Gasteiger partial charge in [0, 0.05) is 19.2 Å². The van der Waals surface area contributed by atoms with Gasteiger partial charge in [-0.25, -0.2) is 0 Å². The summed E-state index contributed by atoms with van der Waals surface area (Å²) in [4.78, 5) is 5.48. The molecular formula is C17H21N3O6. The molecule has 0 fully saturated rings. The number of aromatic nitrogens is 1. The zero-order valence-corrected chi connectivity index (χ0v) is 14.1. The molecule has 0 bridgehead atoms. The van der Waals surface area contributed by atoms with Crippen molar-refractivity contribution in [3.63, 3.8) is 0 Å². The lowest BCUT2D eigenvalue weighted by atomic mass is 10.0. The van der Waals surface area contributed by atoms with Crippen LogP contribution in [-0.4, -0.2) is 75.1 Å². The lowest BCUT2D eigenvalue weighted by Crippen LogP contribution is -2.49. The molecule has 0 aliphatic carbocycles. The molecule has 9 nitrogen and oxygen atoms in total. The lowest BCUT2D eigenvalue weighted by Gasteiger charge is -2.28. The number of rotatable bonds is 8. The van der Waals surface area contributed by atoms with Crippen molar-refractivity contribution < 1.29 is 29.9 Å². The second kappa shape index (κ2) is 8.75. The van der Waals surface area contributed by atoms with Gasteiger partial charge in [-0.05, 0) is 12.1 Å². The first-order valence-corrected chi connectivity index (χ1v) is 7.89. The fourth-order valence-electron chi connectivity index (χ4n) is 2.38. The van der Waals surface area contributed by atoms with Crippen molar-refractivity contribution in [1.82, 2.24) is 4.98 Å². The molecule has 2 rings (SSSR count). The zero-order chi connectivity index (χ0) is 19.3. The second-order valence-electron chi connectivity index (χ2n) is 5.83. The Morgan fingerprint density at radius 3 is 2.31 bits per heavy atom. The van der Waals surface area contributed by atoms with Gasteiger partial charge in [0.15, 0.2) is 0 Å². The second-order valence-corrected chi connectivity index (χ2v) is 5.83. The summed E-state index contributed by atoms with van der Waals surface area (Å²) in [6, 6.07) is 10.9. The van der Waals surface area contributed by atoms with E-state index in [1.54, 1.807) is 24.3 Å². The SMILES string of the molecule is CN(CC(O)C(O)C(O)C(O)CO)c1oc(-c2ccccc2)nc1C#N. The molecule has 2 aromatic rings. The largest absolute Gasteiger partial charge is 0.419 e. The number of aliphatic hydroxyl groups is 5. The maximum absolute atomic E-state index is 10.1. The van der Waals surface area contributed by atoms with Crippen molar-refractivity contribution >= 4 is 5.88 Å². The molecular weight excluding hydrogens is 342 g/mol. The maximum atomic E-state index is 10.1. The van der Waals surface area contributed by atoms with E-state index in [9.17, 15) is 25.7 Å². The Kier molecular flexibility index (Phi) is 6.68. The van der Waals surface area contributed by atoms with Crippen LogP contribution in [0.15, 0.2) is 34.7 Å². The molecule has 1 aromatic carbocycles. The van der Waals surface area contributed by atoms with E-state index in [1.165, 1.54) is 11.9 Å². The zero-order valence-electron chi connectivity index (χ0n) is 14.1. The Bertz CT molecular complexity index is 745. The molecule has 9 heteroatoms. The molecule has 0 aliphatic rings. The highest BCUT2D eigenvalue weighted by Crippen LogP contribution is 2.27. The van der Waals surface area contributed by atoms with Crippen LogP contribution in [0.3, 0.4) is 0 Å².